The fourth-order valence-corrected chi connectivity index (χ4v) is 9.92. The first-order valence-corrected chi connectivity index (χ1v) is 23.6. The van der Waals surface area contributed by atoms with Gasteiger partial charge in [0.05, 0.1) is 35.0 Å². The number of carbonyl (C=O) groups is 4. The molecule has 0 radical (unpaired) electrons. The first kappa shape index (κ1) is 52.9. The SMILES string of the molecule is CC(C)[C@H](NC(=O)OC1CCC1)C(=O)N1CC2(CC2)C[C@H]1c1ncc(-c2ccc(C#Cc3ccc4nc([C@@H]5CC6(CC6)CN5C(=O)[C@@H](NC(=O)OC5CCC5)C(C)C)[nH]c4c3)cc2)[nH]1.S.S.S.S. The summed E-state index contributed by atoms with van der Waals surface area (Å²) in [4.78, 5) is 74.4. The lowest BCUT2D eigenvalue weighted by Crippen LogP contribution is -2.52. The number of benzene rings is 2. The summed E-state index contributed by atoms with van der Waals surface area (Å²) < 4.78 is 11.1. The predicted molar refractivity (Wildman–Crippen MR) is 281 cm³/mol. The molecule has 4 N–H and O–H groups in total. The van der Waals surface area contributed by atoms with Gasteiger partial charge < -0.3 is 39.9 Å². The van der Waals surface area contributed by atoms with Gasteiger partial charge in [0.15, 0.2) is 0 Å². The number of carbonyl (C=O) groups excluding carboxylic acids is 4. The fourth-order valence-electron chi connectivity index (χ4n) is 9.92. The van der Waals surface area contributed by atoms with Gasteiger partial charge in [-0.15, -0.1) is 0 Å². The van der Waals surface area contributed by atoms with Crippen molar-refractivity contribution in [2.45, 2.75) is 141 Å². The number of nitrogens with zero attached hydrogens (tertiary/aromatic N) is 4. The monoisotopic (exact) mass is 1000 g/mol. The number of aromatic amines is 2. The molecule has 4 heterocycles. The van der Waals surface area contributed by atoms with E-state index in [1.165, 1.54) is 0 Å². The Morgan fingerprint density at radius 1 is 0.676 bits per heavy atom. The van der Waals surface area contributed by atoms with Gasteiger partial charge in [-0.1, -0.05) is 51.7 Å². The van der Waals surface area contributed by atoms with Gasteiger partial charge in [-0.3, -0.25) is 9.59 Å². The van der Waals surface area contributed by atoms with Gasteiger partial charge in [-0.05, 0) is 136 Å². The van der Waals surface area contributed by atoms with Crippen LogP contribution in [0.15, 0.2) is 48.7 Å². The standard InChI is InChI=1S/C50H60N8O6.4H2S/c1-29(2)41(55-47(61)63-34-7-5-8-34)45(59)57-27-49(19-20-49)24-39(57)43-51-26-38(54-43)33-16-13-31(14-17-33)11-12-32-15-18-36-37(23-32)53-44(52-36)40-25-50(21-22-50)28-58(40)46(60)42(30(3)4)56-48(62)64-35-9-6-10-35;;;;/h13-18,23,26,29-30,34-35,39-42H,5-10,19-22,24-25,27-28H2,1-4H3,(H,51,54)(H,52,53)(H,55,61)(H,56,62);4*1H2/t39-,40-,41-,42-;;;;/m0..../s1. The van der Waals surface area contributed by atoms with Crippen LogP contribution in [0.25, 0.3) is 22.3 Å². The van der Waals surface area contributed by atoms with Crippen molar-refractivity contribution in [3.8, 4) is 23.1 Å². The molecule has 10 rings (SSSR count). The molecule has 2 saturated heterocycles. The summed E-state index contributed by atoms with van der Waals surface area (Å²) in [6.07, 6.45) is 12.3. The normalized spacial score (nSPS) is 21.4. The predicted octanol–water partition coefficient (Wildman–Crippen LogP) is 8.52. The molecule has 0 bridgehead atoms. The summed E-state index contributed by atoms with van der Waals surface area (Å²) >= 11 is 0. The Balaban J connectivity index is 0.00000190. The van der Waals surface area contributed by atoms with E-state index in [2.05, 4.69) is 32.4 Å². The summed E-state index contributed by atoms with van der Waals surface area (Å²) in [5.41, 5.74) is 5.42. The molecule has 4 aromatic rings. The van der Waals surface area contributed by atoms with Gasteiger partial charge in [-0.25, -0.2) is 19.6 Å². The van der Waals surface area contributed by atoms with E-state index in [1.54, 1.807) is 0 Å². The van der Waals surface area contributed by atoms with Crippen LogP contribution in [0, 0.1) is 34.5 Å². The molecule has 368 valence electrons. The number of alkyl carbamates (subject to hydrolysis) is 2. The smallest absolute Gasteiger partial charge is 0.408 e. The summed E-state index contributed by atoms with van der Waals surface area (Å²) in [6.45, 7) is 9.14. The number of H-pyrrole nitrogens is 2. The van der Waals surface area contributed by atoms with E-state index in [0.29, 0.717) is 13.1 Å². The molecule has 6 aliphatic rings. The van der Waals surface area contributed by atoms with E-state index in [0.717, 1.165) is 122 Å². The Labute approximate surface area is 427 Å². The number of likely N-dealkylation sites (tertiary alicyclic amines) is 2. The van der Waals surface area contributed by atoms with E-state index in [4.69, 9.17) is 19.4 Å². The molecule has 2 spiro atoms. The summed E-state index contributed by atoms with van der Waals surface area (Å²) in [7, 11) is 0. The number of ether oxygens (including phenoxy) is 2. The van der Waals surface area contributed by atoms with Crippen LogP contribution in [0.1, 0.15) is 140 Å². The average molecular weight is 1010 g/mol. The van der Waals surface area contributed by atoms with Crippen molar-refractivity contribution in [2.24, 2.45) is 22.7 Å². The van der Waals surface area contributed by atoms with Crippen LogP contribution in [0.2, 0.25) is 0 Å². The topological polar surface area (TPSA) is 175 Å². The lowest BCUT2D eigenvalue weighted by Gasteiger charge is -2.31. The largest absolute Gasteiger partial charge is 0.446 e. The van der Waals surface area contributed by atoms with E-state index in [9.17, 15) is 19.2 Å². The van der Waals surface area contributed by atoms with Crippen molar-refractivity contribution in [3.05, 3.63) is 71.4 Å². The van der Waals surface area contributed by atoms with Gasteiger partial charge >= 0.3 is 12.2 Å². The molecule has 4 aliphatic carbocycles. The molecule has 6 fully saturated rings. The summed E-state index contributed by atoms with van der Waals surface area (Å²) in [5.74, 6) is 7.75. The Morgan fingerprint density at radius 3 is 1.63 bits per heavy atom. The molecular formula is C50H68N8O6S4. The number of nitrogens with one attached hydrogen (secondary N) is 4. The Hall–Kier alpha value is -4.44. The van der Waals surface area contributed by atoms with Crippen LogP contribution >= 0.6 is 54.0 Å². The van der Waals surface area contributed by atoms with Gasteiger partial charge in [-0.2, -0.15) is 54.0 Å². The molecular weight excluding hydrogens is 937 g/mol. The van der Waals surface area contributed by atoms with Crippen LogP contribution < -0.4 is 10.6 Å². The fraction of sp³-hybridized carbons (Fsp3) is 0.560. The second-order valence-electron chi connectivity index (χ2n) is 20.4. The summed E-state index contributed by atoms with van der Waals surface area (Å²) in [6, 6.07) is 12.2. The van der Waals surface area contributed by atoms with Crippen molar-refractivity contribution in [1.82, 2.24) is 40.4 Å². The third-order valence-electron chi connectivity index (χ3n) is 14.8. The quantitative estimate of drug-likeness (QED) is 0.108. The third kappa shape index (κ3) is 11.1. The number of imidazole rings is 2. The van der Waals surface area contributed by atoms with Gasteiger partial charge in [0.25, 0.3) is 0 Å². The maximum absolute atomic E-state index is 14.2. The summed E-state index contributed by atoms with van der Waals surface area (Å²) in [5, 5.41) is 5.78. The second kappa shape index (κ2) is 21.3. The average Bonchev–Trinajstić information content (AvgIpc) is 3.86. The highest BCUT2D eigenvalue weighted by atomic mass is 32.1. The number of rotatable bonds is 11. The zero-order chi connectivity index (χ0) is 44.3. The van der Waals surface area contributed by atoms with Gasteiger partial charge in [0, 0.05) is 24.2 Å². The molecule has 18 heteroatoms. The lowest BCUT2D eigenvalue weighted by molar-refractivity contribution is -0.136. The Bertz CT molecular complexity index is 2520. The molecule has 2 aromatic heterocycles. The number of aromatic nitrogens is 4. The molecule has 68 heavy (non-hydrogen) atoms. The van der Waals surface area contributed by atoms with Crippen LogP contribution in [0.3, 0.4) is 0 Å². The minimum Gasteiger partial charge on any atom is -0.446 e. The number of hydrogen-bond donors (Lipinski definition) is 4. The van der Waals surface area contributed by atoms with Crippen LogP contribution in [0.4, 0.5) is 9.59 Å². The van der Waals surface area contributed by atoms with Crippen LogP contribution in [-0.2, 0) is 19.1 Å². The Morgan fingerprint density at radius 2 is 1.16 bits per heavy atom. The molecule has 14 nitrogen and oxygen atoms in total. The van der Waals surface area contributed by atoms with E-state index in [1.807, 2.05) is 86.2 Å². The molecule has 4 amide bonds. The number of amides is 4. The maximum atomic E-state index is 14.2. The minimum absolute atomic E-state index is 0. The highest BCUT2D eigenvalue weighted by Crippen LogP contribution is 2.59. The maximum Gasteiger partial charge on any atom is 0.408 e. The van der Waals surface area contributed by atoms with E-state index >= 15 is 0 Å². The van der Waals surface area contributed by atoms with Crippen molar-refractivity contribution >= 4 is 89.0 Å². The van der Waals surface area contributed by atoms with E-state index in [-0.39, 0.29) is 113 Å². The highest BCUT2D eigenvalue weighted by Gasteiger charge is 2.56. The van der Waals surface area contributed by atoms with Gasteiger partial charge in [0.2, 0.25) is 11.8 Å². The third-order valence-corrected chi connectivity index (χ3v) is 14.8. The van der Waals surface area contributed by atoms with E-state index < -0.39 is 24.3 Å². The van der Waals surface area contributed by atoms with Crippen molar-refractivity contribution < 1.29 is 28.7 Å². The van der Waals surface area contributed by atoms with Crippen LogP contribution in [-0.4, -0.2) is 91.1 Å². The zero-order valence-electron chi connectivity index (χ0n) is 39.4. The van der Waals surface area contributed by atoms with Crippen molar-refractivity contribution in [3.63, 3.8) is 0 Å². The first-order valence-electron chi connectivity index (χ1n) is 23.6. The van der Waals surface area contributed by atoms with Crippen molar-refractivity contribution in [2.75, 3.05) is 13.1 Å². The lowest BCUT2D eigenvalue weighted by atomic mass is 9.96. The molecule has 0 unspecified atom stereocenters. The molecule has 4 atom stereocenters. The van der Waals surface area contributed by atoms with Crippen LogP contribution in [0.5, 0.6) is 0 Å². The highest BCUT2D eigenvalue weighted by molar-refractivity contribution is 7.59. The number of hydrogen-bond acceptors (Lipinski definition) is 8. The molecule has 2 aromatic carbocycles. The van der Waals surface area contributed by atoms with Crippen molar-refractivity contribution in [1.29, 1.82) is 0 Å². The Kier molecular flexibility index (Phi) is 16.6. The minimum atomic E-state index is -0.682. The first-order chi connectivity index (χ1) is 30.8. The zero-order valence-corrected chi connectivity index (χ0v) is 43.4. The molecule has 2 aliphatic heterocycles. The number of fused-ring (bicyclic) bond motifs is 1. The second-order valence-corrected chi connectivity index (χ2v) is 20.4. The molecule has 4 saturated carbocycles. The van der Waals surface area contributed by atoms with Gasteiger partial charge in [0.1, 0.15) is 35.9 Å².